The summed E-state index contributed by atoms with van der Waals surface area (Å²) >= 11 is 0. The van der Waals surface area contributed by atoms with Gasteiger partial charge in [0.25, 0.3) is 0 Å². The highest BCUT2D eigenvalue weighted by atomic mass is 19.1. The Bertz CT molecular complexity index is 845. The summed E-state index contributed by atoms with van der Waals surface area (Å²) in [5.41, 5.74) is 1.70. The molecule has 4 nitrogen and oxygen atoms in total. The van der Waals surface area contributed by atoms with E-state index in [1.807, 2.05) is 6.08 Å². The van der Waals surface area contributed by atoms with Crippen molar-refractivity contribution in [3.05, 3.63) is 83.4 Å². The first-order valence-electron chi connectivity index (χ1n) is 12.2. The minimum Gasteiger partial charge on any atom is -0.463 e. The topological polar surface area (TPSA) is 38.8 Å². The fourth-order valence-corrected chi connectivity index (χ4v) is 4.35. The highest BCUT2D eigenvalue weighted by Gasteiger charge is 2.20. The zero-order valence-electron chi connectivity index (χ0n) is 19.9. The Morgan fingerprint density at radius 2 is 1.62 bits per heavy atom. The number of carbonyl (C=O) groups is 1. The summed E-state index contributed by atoms with van der Waals surface area (Å²) in [7, 11) is 0. The first kappa shape index (κ1) is 26.0. The van der Waals surface area contributed by atoms with E-state index in [1.54, 1.807) is 31.2 Å². The molecule has 34 heavy (non-hydrogen) atoms. The number of carbonyl (C=O) groups excluding carboxylic acids is 1. The Balaban J connectivity index is 1.40. The number of piperidine rings is 1. The van der Waals surface area contributed by atoms with Gasteiger partial charge in [0.15, 0.2) is 0 Å². The maximum atomic E-state index is 13.4. The summed E-state index contributed by atoms with van der Waals surface area (Å²) in [6.07, 6.45) is 8.57. The average molecular weight is 472 g/mol. The van der Waals surface area contributed by atoms with Crippen LogP contribution in [-0.4, -0.2) is 43.7 Å². The van der Waals surface area contributed by atoms with Gasteiger partial charge in [-0.25, -0.2) is 13.6 Å². The molecule has 2 aromatic carbocycles. The van der Waals surface area contributed by atoms with Gasteiger partial charge in [-0.1, -0.05) is 36.8 Å². The van der Waals surface area contributed by atoms with Gasteiger partial charge in [-0.2, -0.15) is 0 Å². The average Bonchev–Trinajstić information content (AvgIpc) is 2.84. The zero-order valence-corrected chi connectivity index (χ0v) is 19.9. The molecule has 1 fully saturated rings. The molecule has 184 valence electrons. The lowest BCUT2D eigenvalue weighted by molar-refractivity contribution is -0.137. The van der Waals surface area contributed by atoms with Crippen LogP contribution in [0.1, 0.15) is 56.3 Å². The lowest BCUT2D eigenvalue weighted by atomic mass is 9.91. The molecule has 0 bridgehead atoms. The Morgan fingerprint density at radius 3 is 2.18 bits per heavy atom. The summed E-state index contributed by atoms with van der Waals surface area (Å²) in [6, 6.07) is 12.6. The van der Waals surface area contributed by atoms with Crippen molar-refractivity contribution in [2.75, 3.05) is 32.8 Å². The fourth-order valence-electron chi connectivity index (χ4n) is 4.35. The summed E-state index contributed by atoms with van der Waals surface area (Å²) in [6.45, 7) is 5.68. The molecule has 1 aliphatic rings. The van der Waals surface area contributed by atoms with Crippen LogP contribution < -0.4 is 0 Å². The molecule has 1 heterocycles. The van der Waals surface area contributed by atoms with Crippen molar-refractivity contribution in [3.8, 4) is 0 Å². The molecular weight excluding hydrogens is 436 g/mol. The lowest BCUT2D eigenvalue weighted by Gasteiger charge is -2.32. The van der Waals surface area contributed by atoms with E-state index in [1.165, 1.54) is 49.6 Å². The minimum absolute atomic E-state index is 0.265. The molecule has 6 heteroatoms. The van der Waals surface area contributed by atoms with Crippen LogP contribution in [0.3, 0.4) is 0 Å². The lowest BCUT2D eigenvalue weighted by Crippen LogP contribution is -2.36. The van der Waals surface area contributed by atoms with Crippen LogP contribution >= 0.6 is 0 Å². The number of likely N-dealkylation sites (tertiary alicyclic amines) is 1. The van der Waals surface area contributed by atoms with Crippen LogP contribution in [0.4, 0.5) is 8.78 Å². The van der Waals surface area contributed by atoms with Crippen LogP contribution in [0.25, 0.3) is 0 Å². The number of ether oxygens (including phenoxy) is 2. The largest absolute Gasteiger partial charge is 0.463 e. The molecule has 2 aromatic rings. The van der Waals surface area contributed by atoms with E-state index in [0.29, 0.717) is 13.2 Å². The maximum Gasteiger partial charge on any atom is 0.330 e. The summed E-state index contributed by atoms with van der Waals surface area (Å²) in [5, 5.41) is 0. The second-order valence-corrected chi connectivity index (χ2v) is 8.72. The number of allylic oxidation sites excluding steroid dienone is 1. The van der Waals surface area contributed by atoms with Gasteiger partial charge in [-0.05, 0) is 87.0 Å². The molecule has 0 saturated carbocycles. The van der Waals surface area contributed by atoms with Crippen molar-refractivity contribution >= 4 is 5.97 Å². The van der Waals surface area contributed by atoms with Gasteiger partial charge < -0.3 is 14.4 Å². The third kappa shape index (κ3) is 8.65. The highest BCUT2D eigenvalue weighted by Crippen LogP contribution is 2.27. The molecular formula is C28H35F2NO3. The predicted octanol–water partition coefficient (Wildman–Crippen LogP) is 6.07. The minimum atomic E-state index is -0.360. The number of rotatable bonds is 12. The van der Waals surface area contributed by atoms with E-state index in [-0.39, 0.29) is 23.7 Å². The second-order valence-electron chi connectivity index (χ2n) is 8.72. The number of unbranched alkanes of at least 4 members (excludes halogenated alkanes) is 1. The van der Waals surface area contributed by atoms with E-state index in [2.05, 4.69) is 4.90 Å². The number of hydrogen-bond acceptors (Lipinski definition) is 4. The summed E-state index contributed by atoms with van der Waals surface area (Å²) in [5.74, 6) is -0.127. The Kier molecular flexibility index (Phi) is 10.7. The Hall–Kier alpha value is -2.57. The fraction of sp³-hybridized carbons (Fsp3) is 0.464. The molecule has 0 radical (unpaired) electrons. The van der Waals surface area contributed by atoms with E-state index < -0.39 is 0 Å². The molecule has 1 aliphatic heterocycles. The number of halogens is 2. The van der Waals surface area contributed by atoms with Crippen LogP contribution in [-0.2, 0) is 14.3 Å². The third-order valence-electron chi connectivity index (χ3n) is 6.27. The SMILES string of the molecule is CCOC(=O)/C=C/CCCC1CCN(CCOC(c2ccc(F)cc2)c2ccc(F)cc2)CC1. The van der Waals surface area contributed by atoms with Gasteiger partial charge in [0, 0.05) is 12.6 Å². The van der Waals surface area contributed by atoms with Gasteiger partial charge in [0.1, 0.15) is 17.7 Å². The smallest absolute Gasteiger partial charge is 0.330 e. The molecule has 0 spiro atoms. The van der Waals surface area contributed by atoms with Crippen LogP contribution in [0.5, 0.6) is 0 Å². The number of esters is 1. The number of nitrogens with zero attached hydrogens (tertiary/aromatic N) is 1. The highest BCUT2D eigenvalue weighted by molar-refractivity contribution is 5.81. The Labute approximate surface area is 201 Å². The van der Waals surface area contributed by atoms with Crippen molar-refractivity contribution in [2.24, 2.45) is 5.92 Å². The first-order chi connectivity index (χ1) is 16.5. The van der Waals surface area contributed by atoms with E-state index in [4.69, 9.17) is 9.47 Å². The second kappa shape index (κ2) is 14.0. The molecule has 0 atom stereocenters. The molecule has 0 aromatic heterocycles. The number of benzene rings is 2. The standard InChI is InChI=1S/C28H35F2NO3/c1-2-33-27(32)7-5-3-4-6-22-16-18-31(19-17-22)20-21-34-28(23-8-12-25(29)13-9-23)24-10-14-26(30)15-11-24/h5,7-15,22,28H,2-4,6,16-21H2,1H3/b7-5+. The quantitative estimate of drug-likeness (QED) is 0.214. The van der Waals surface area contributed by atoms with Gasteiger partial charge in [-0.3, -0.25) is 0 Å². The monoisotopic (exact) mass is 471 g/mol. The molecule has 1 saturated heterocycles. The van der Waals surface area contributed by atoms with E-state index in [9.17, 15) is 13.6 Å². The van der Waals surface area contributed by atoms with Crippen molar-refractivity contribution in [1.29, 1.82) is 0 Å². The Morgan fingerprint density at radius 1 is 1.03 bits per heavy atom. The van der Waals surface area contributed by atoms with Gasteiger partial charge in [-0.15, -0.1) is 0 Å². The van der Waals surface area contributed by atoms with Crippen LogP contribution in [0.2, 0.25) is 0 Å². The van der Waals surface area contributed by atoms with E-state index in [0.717, 1.165) is 49.5 Å². The zero-order chi connectivity index (χ0) is 24.2. The van der Waals surface area contributed by atoms with Crippen molar-refractivity contribution in [2.45, 2.75) is 45.1 Å². The normalized spacial score (nSPS) is 15.3. The van der Waals surface area contributed by atoms with Crippen molar-refractivity contribution in [1.82, 2.24) is 4.90 Å². The van der Waals surface area contributed by atoms with E-state index >= 15 is 0 Å². The van der Waals surface area contributed by atoms with Gasteiger partial charge in [0.05, 0.1) is 13.2 Å². The summed E-state index contributed by atoms with van der Waals surface area (Å²) in [4.78, 5) is 13.7. The van der Waals surface area contributed by atoms with Gasteiger partial charge in [0.2, 0.25) is 0 Å². The van der Waals surface area contributed by atoms with Crippen molar-refractivity contribution < 1.29 is 23.0 Å². The third-order valence-corrected chi connectivity index (χ3v) is 6.27. The summed E-state index contributed by atoms with van der Waals surface area (Å²) < 4.78 is 37.9. The van der Waals surface area contributed by atoms with Crippen LogP contribution in [0, 0.1) is 17.6 Å². The molecule has 0 N–H and O–H groups in total. The number of hydrogen-bond donors (Lipinski definition) is 0. The molecule has 3 rings (SSSR count). The first-order valence-corrected chi connectivity index (χ1v) is 12.2. The molecule has 0 unspecified atom stereocenters. The van der Waals surface area contributed by atoms with Gasteiger partial charge >= 0.3 is 5.97 Å². The van der Waals surface area contributed by atoms with Crippen molar-refractivity contribution in [3.63, 3.8) is 0 Å². The molecule has 0 aliphatic carbocycles. The maximum absolute atomic E-state index is 13.4. The predicted molar refractivity (Wildman–Crippen MR) is 129 cm³/mol. The van der Waals surface area contributed by atoms with Crippen LogP contribution in [0.15, 0.2) is 60.7 Å². The molecule has 0 amide bonds.